The van der Waals surface area contributed by atoms with Crippen molar-refractivity contribution in [2.45, 2.75) is 31.3 Å². The Morgan fingerprint density at radius 3 is 2.25 bits per heavy atom. The number of hydrogen-bond acceptors (Lipinski definition) is 9. The van der Waals surface area contributed by atoms with E-state index in [0.717, 1.165) is 6.07 Å². The Morgan fingerprint density at radius 1 is 1.00 bits per heavy atom. The molecule has 0 aliphatic rings. The van der Waals surface area contributed by atoms with E-state index < -0.39 is 44.7 Å². The number of nitrogens with zero attached hydrogens (tertiary/aromatic N) is 3. The molecule has 3 rings (SSSR count). The number of esters is 1. The number of nitro benzene ring substituents is 1. The minimum Gasteiger partial charge on any atom is -0.482 e. The summed E-state index contributed by atoms with van der Waals surface area (Å²) in [7, 11) is -4.34. The summed E-state index contributed by atoms with van der Waals surface area (Å²) in [6.45, 7) is 4.23. The van der Waals surface area contributed by atoms with Crippen molar-refractivity contribution in [2.24, 2.45) is 5.10 Å². The fourth-order valence-electron chi connectivity index (χ4n) is 3.36. The summed E-state index contributed by atoms with van der Waals surface area (Å²) < 4.78 is 38.0. The van der Waals surface area contributed by atoms with Gasteiger partial charge in [0.05, 0.1) is 16.0 Å². The molecule has 0 bridgehead atoms. The Labute approximate surface area is 231 Å². The zero-order valence-corrected chi connectivity index (χ0v) is 22.8. The van der Waals surface area contributed by atoms with Crippen molar-refractivity contribution in [3.05, 3.63) is 94.5 Å². The highest BCUT2D eigenvalue weighted by Gasteiger charge is 2.31. The molecule has 0 radical (unpaired) electrons. The van der Waals surface area contributed by atoms with Crippen molar-refractivity contribution in [2.75, 3.05) is 17.5 Å². The van der Waals surface area contributed by atoms with Crippen LogP contribution in [0.1, 0.15) is 26.3 Å². The van der Waals surface area contributed by atoms with Crippen molar-refractivity contribution in [1.82, 2.24) is 5.43 Å². The quantitative estimate of drug-likeness (QED) is 0.159. The summed E-state index contributed by atoms with van der Waals surface area (Å²) in [5, 5.41) is 15.4. The number of ether oxygens (including phenoxy) is 2. The molecule has 0 atom stereocenters. The minimum atomic E-state index is -4.34. The van der Waals surface area contributed by atoms with Crippen LogP contribution in [-0.4, -0.2) is 50.2 Å². The van der Waals surface area contributed by atoms with Crippen LogP contribution in [0.4, 0.5) is 11.4 Å². The molecule has 0 aliphatic carbocycles. The van der Waals surface area contributed by atoms with Crippen LogP contribution in [0.5, 0.6) is 5.75 Å². The Balaban J connectivity index is 1.70. The number of sulfonamides is 1. The summed E-state index contributed by atoms with van der Waals surface area (Å²) in [4.78, 5) is 35.2. The van der Waals surface area contributed by atoms with Gasteiger partial charge < -0.3 is 9.47 Å². The van der Waals surface area contributed by atoms with Crippen molar-refractivity contribution < 1.29 is 32.4 Å². The largest absolute Gasteiger partial charge is 0.482 e. The van der Waals surface area contributed by atoms with Crippen LogP contribution in [0.3, 0.4) is 0 Å². The van der Waals surface area contributed by atoms with Gasteiger partial charge in [-0.25, -0.2) is 22.9 Å². The Kier molecular flexibility index (Phi) is 9.56. The molecule has 0 unspecified atom stereocenters. The molecule has 0 aliphatic heterocycles. The third-order valence-corrected chi connectivity index (χ3v) is 6.80. The average molecular weight is 569 g/mol. The molecule has 12 nitrogen and oxygen atoms in total. The third-order valence-electron chi connectivity index (χ3n) is 5.03. The second-order valence-electron chi connectivity index (χ2n) is 9.31. The zero-order chi connectivity index (χ0) is 29.3. The lowest BCUT2D eigenvalue weighted by molar-refractivity contribution is -0.384. The molecule has 0 heterocycles. The van der Waals surface area contributed by atoms with E-state index >= 15 is 0 Å². The van der Waals surface area contributed by atoms with Crippen LogP contribution in [0.15, 0.2) is 88.9 Å². The van der Waals surface area contributed by atoms with E-state index in [4.69, 9.17) is 9.47 Å². The fraction of sp³-hybridized carbons (Fsp3) is 0.222. The first kappa shape index (κ1) is 29.8. The summed E-state index contributed by atoms with van der Waals surface area (Å²) in [6.07, 6.45) is 1.32. The smallest absolute Gasteiger partial charge is 0.344 e. The number of carbonyl (C=O) groups is 2. The lowest BCUT2D eigenvalue weighted by Crippen LogP contribution is -2.39. The summed E-state index contributed by atoms with van der Waals surface area (Å²) in [5.41, 5.74) is 1.44. The number of hydrazone groups is 1. The van der Waals surface area contributed by atoms with Crippen LogP contribution in [-0.2, 0) is 24.3 Å². The normalized spacial score (nSPS) is 11.6. The molecule has 40 heavy (non-hydrogen) atoms. The van der Waals surface area contributed by atoms with E-state index in [-0.39, 0.29) is 17.2 Å². The predicted octanol–water partition coefficient (Wildman–Crippen LogP) is 3.66. The van der Waals surface area contributed by atoms with Gasteiger partial charge in [0.2, 0.25) is 0 Å². The number of nitro groups is 1. The van der Waals surface area contributed by atoms with E-state index in [1.165, 1.54) is 48.7 Å². The monoisotopic (exact) mass is 568 g/mol. The molecule has 3 aromatic rings. The van der Waals surface area contributed by atoms with Crippen molar-refractivity contribution in [1.29, 1.82) is 0 Å². The maximum Gasteiger partial charge on any atom is 0.344 e. The van der Waals surface area contributed by atoms with Crippen molar-refractivity contribution >= 4 is 39.5 Å². The number of para-hydroxylation sites is 2. The molecule has 0 spiro atoms. The van der Waals surface area contributed by atoms with Gasteiger partial charge in [-0.1, -0.05) is 30.3 Å². The molecule has 1 N–H and O–H groups in total. The van der Waals surface area contributed by atoms with Gasteiger partial charge in [-0.2, -0.15) is 5.10 Å². The molecular weight excluding hydrogens is 540 g/mol. The van der Waals surface area contributed by atoms with Gasteiger partial charge in [-0.05, 0) is 68.8 Å². The summed E-state index contributed by atoms with van der Waals surface area (Å²) in [5.74, 6) is -0.922. The average Bonchev–Trinajstić information content (AvgIpc) is 2.90. The number of amides is 1. The standard InChI is InChI=1S/C27H28N4O8S/c1-27(2,3)39-26(33)19-38-21-15-13-20(14-16-21)17-28-29-25(32)18-30(23-11-7-8-12-24(23)31(34)35)40(36,37)22-9-5-4-6-10-22/h4-17H,18-19H2,1-3H3,(H,29,32)/b28-17-. The van der Waals surface area contributed by atoms with E-state index in [1.807, 2.05) is 0 Å². The summed E-state index contributed by atoms with van der Waals surface area (Å²) >= 11 is 0. The highest BCUT2D eigenvalue weighted by Crippen LogP contribution is 2.31. The lowest BCUT2D eigenvalue weighted by atomic mass is 10.2. The van der Waals surface area contributed by atoms with Gasteiger partial charge in [0.25, 0.3) is 21.6 Å². The lowest BCUT2D eigenvalue weighted by Gasteiger charge is -2.23. The molecule has 3 aromatic carbocycles. The van der Waals surface area contributed by atoms with Crippen LogP contribution in [0, 0.1) is 10.1 Å². The van der Waals surface area contributed by atoms with Gasteiger partial charge in [-0.3, -0.25) is 14.9 Å². The molecule has 0 aromatic heterocycles. The van der Waals surface area contributed by atoms with Crippen molar-refractivity contribution in [3.63, 3.8) is 0 Å². The number of anilines is 1. The van der Waals surface area contributed by atoms with E-state index in [9.17, 15) is 28.1 Å². The topological polar surface area (TPSA) is 158 Å². The molecule has 1 amide bonds. The second kappa shape index (κ2) is 12.8. The van der Waals surface area contributed by atoms with E-state index in [1.54, 1.807) is 51.1 Å². The van der Waals surface area contributed by atoms with Gasteiger partial charge in [0, 0.05) is 6.07 Å². The highest BCUT2D eigenvalue weighted by molar-refractivity contribution is 7.92. The van der Waals surface area contributed by atoms with Gasteiger partial charge in [0.15, 0.2) is 6.61 Å². The molecule has 210 valence electrons. The minimum absolute atomic E-state index is 0.140. The number of nitrogens with one attached hydrogen (secondary N) is 1. The van der Waals surface area contributed by atoms with E-state index in [2.05, 4.69) is 10.5 Å². The number of hydrogen-bond donors (Lipinski definition) is 1. The number of carbonyl (C=O) groups excluding carboxylic acids is 2. The fourth-order valence-corrected chi connectivity index (χ4v) is 4.81. The Morgan fingerprint density at radius 2 is 1.62 bits per heavy atom. The van der Waals surface area contributed by atoms with Gasteiger partial charge >= 0.3 is 5.97 Å². The van der Waals surface area contributed by atoms with Crippen LogP contribution in [0.25, 0.3) is 0 Å². The number of rotatable bonds is 11. The summed E-state index contributed by atoms with van der Waals surface area (Å²) in [6, 6.07) is 19.0. The first-order valence-electron chi connectivity index (χ1n) is 11.9. The van der Waals surface area contributed by atoms with Gasteiger partial charge in [0.1, 0.15) is 23.6 Å². The maximum atomic E-state index is 13.4. The molecule has 0 fully saturated rings. The number of benzene rings is 3. The third kappa shape index (κ3) is 8.36. The highest BCUT2D eigenvalue weighted by atomic mass is 32.2. The Hall–Kier alpha value is -4.78. The van der Waals surface area contributed by atoms with E-state index in [0.29, 0.717) is 15.6 Å². The molecule has 0 saturated carbocycles. The van der Waals surface area contributed by atoms with Crippen LogP contribution < -0.4 is 14.5 Å². The second-order valence-corrected chi connectivity index (χ2v) is 11.2. The molecular formula is C27H28N4O8S. The predicted molar refractivity (Wildman–Crippen MR) is 148 cm³/mol. The first-order chi connectivity index (χ1) is 18.9. The Bertz CT molecular complexity index is 1480. The zero-order valence-electron chi connectivity index (χ0n) is 22.0. The SMILES string of the molecule is CC(C)(C)OC(=O)COc1ccc(/C=N\NC(=O)CN(c2ccccc2[N+](=O)[O-])S(=O)(=O)c2ccccc2)cc1. The van der Waals surface area contributed by atoms with Crippen LogP contribution in [0.2, 0.25) is 0 Å². The van der Waals surface area contributed by atoms with Crippen molar-refractivity contribution in [3.8, 4) is 5.75 Å². The first-order valence-corrected chi connectivity index (χ1v) is 13.4. The molecule has 0 saturated heterocycles. The maximum absolute atomic E-state index is 13.4. The van der Waals surface area contributed by atoms with Gasteiger partial charge in [-0.15, -0.1) is 0 Å². The van der Waals surface area contributed by atoms with Crippen LogP contribution >= 0.6 is 0 Å². The molecule has 13 heteroatoms.